The van der Waals surface area contributed by atoms with Gasteiger partial charge in [-0.25, -0.2) is 0 Å². The van der Waals surface area contributed by atoms with E-state index in [-0.39, 0.29) is 5.88 Å². The summed E-state index contributed by atoms with van der Waals surface area (Å²) in [6, 6.07) is 0. The van der Waals surface area contributed by atoms with E-state index in [0.717, 1.165) is 24.5 Å². The van der Waals surface area contributed by atoms with Crippen LogP contribution in [0.1, 0.15) is 19.8 Å². The molecule has 5 heteroatoms. The summed E-state index contributed by atoms with van der Waals surface area (Å²) >= 11 is 1.41. The van der Waals surface area contributed by atoms with E-state index >= 15 is 0 Å². The Kier molecular flexibility index (Phi) is 2.36. The van der Waals surface area contributed by atoms with E-state index in [1.807, 2.05) is 11.8 Å². The van der Waals surface area contributed by atoms with Gasteiger partial charge in [0.05, 0.1) is 11.0 Å². The summed E-state index contributed by atoms with van der Waals surface area (Å²) in [4.78, 5) is 6.01. The zero-order valence-electron chi connectivity index (χ0n) is 8.10. The van der Waals surface area contributed by atoms with Gasteiger partial charge < -0.3 is 15.1 Å². The van der Waals surface area contributed by atoms with Crippen LogP contribution >= 0.6 is 11.3 Å². The molecule has 78 valence electrons. The first-order valence-electron chi connectivity index (χ1n) is 4.69. The first-order valence-corrected chi connectivity index (χ1v) is 5.57. The predicted octanol–water partition coefficient (Wildman–Crippen LogP) is 1.20. The molecule has 0 amide bonds. The Hall–Kier alpha value is -0.810. The van der Waals surface area contributed by atoms with Crippen LogP contribution in [-0.4, -0.2) is 33.9 Å². The highest BCUT2D eigenvalue weighted by Crippen LogP contribution is 2.29. The first kappa shape index (κ1) is 9.73. The molecule has 1 aromatic heterocycles. The van der Waals surface area contributed by atoms with E-state index < -0.39 is 5.60 Å². The molecule has 14 heavy (non-hydrogen) atoms. The Morgan fingerprint density at radius 2 is 2.43 bits per heavy atom. The third kappa shape index (κ3) is 1.99. The first-order chi connectivity index (χ1) is 6.57. The number of anilines is 1. The summed E-state index contributed by atoms with van der Waals surface area (Å²) in [5.41, 5.74) is -0.625. The highest BCUT2D eigenvalue weighted by molar-refractivity contribution is 7.13. The van der Waals surface area contributed by atoms with Gasteiger partial charge >= 0.3 is 0 Å². The molecule has 1 aliphatic rings. The van der Waals surface area contributed by atoms with Gasteiger partial charge in [0.2, 0.25) is 5.88 Å². The number of hydrogen-bond donors (Lipinski definition) is 2. The topological polar surface area (TPSA) is 56.6 Å². The number of β-amino-alcohol motifs (C(OH)–C–C–N with tert-alkyl or cyclic N) is 1. The van der Waals surface area contributed by atoms with E-state index in [1.165, 1.54) is 11.3 Å². The number of aromatic hydroxyl groups is 1. The minimum Gasteiger partial charge on any atom is -0.493 e. The highest BCUT2D eigenvalue weighted by atomic mass is 32.1. The fourth-order valence-electron chi connectivity index (χ4n) is 1.78. The summed E-state index contributed by atoms with van der Waals surface area (Å²) in [7, 11) is 0. The molecule has 0 aromatic carbocycles. The zero-order valence-corrected chi connectivity index (χ0v) is 8.92. The van der Waals surface area contributed by atoms with Gasteiger partial charge in [-0.3, -0.25) is 0 Å². The SMILES string of the molecule is CC1(O)CCCN(c2nc(O)cs2)C1. The van der Waals surface area contributed by atoms with Crippen molar-refractivity contribution in [2.75, 3.05) is 18.0 Å². The van der Waals surface area contributed by atoms with E-state index in [9.17, 15) is 5.11 Å². The van der Waals surface area contributed by atoms with Gasteiger partial charge in [0, 0.05) is 13.1 Å². The predicted molar refractivity (Wildman–Crippen MR) is 55.8 cm³/mol. The van der Waals surface area contributed by atoms with Gasteiger partial charge in [-0.2, -0.15) is 4.98 Å². The second-order valence-electron chi connectivity index (χ2n) is 4.01. The van der Waals surface area contributed by atoms with Gasteiger partial charge in [0.25, 0.3) is 0 Å². The quantitative estimate of drug-likeness (QED) is 0.737. The molecule has 0 radical (unpaired) electrons. The average Bonchev–Trinajstić information content (AvgIpc) is 2.50. The minimum absolute atomic E-state index is 0.0650. The standard InChI is InChI=1S/C9H14N2O2S/c1-9(13)3-2-4-11(6-9)8-10-7(12)5-14-8/h5,12-13H,2-4,6H2,1H3. The maximum Gasteiger partial charge on any atom is 0.223 e. The maximum atomic E-state index is 9.89. The molecular formula is C9H14N2O2S. The fourth-order valence-corrected chi connectivity index (χ4v) is 2.50. The Balaban J connectivity index is 2.12. The summed E-state index contributed by atoms with van der Waals surface area (Å²) in [5.74, 6) is 0.0650. The molecule has 0 bridgehead atoms. The highest BCUT2D eigenvalue weighted by Gasteiger charge is 2.29. The lowest BCUT2D eigenvalue weighted by Gasteiger charge is -2.36. The van der Waals surface area contributed by atoms with Crippen LogP contribution in [0.4, 0.5) is 5.13 Å². The summed E-state index contributed by atoms with van der Waals surface area (Å²) in [6.07, 6.45) is 1.80. The summed E-state index contributed by atoms with van der Waals surface area (Å²) in [5, 5.41) is 21.4. The molecular weight excluding hydrogens is 200 g/mol. The molecule has 2 heterocycles. The summed E-state index contributed by atoms with van der Waals surface area (Å²) < 4.78 is 0. The summed E-state index contributed by atoms with van der Waals surface area (Å²) in [6.45, 7) is 3.34. The van der Waals surface area contributed by atoms with Crippen molar-refractivity contribution in [1.29, 1.82) is 0 Å². The van der Waals surface area contributed by atoms with Crippen LogP contribution < -0.4 is 4.90 Å². The molecule has 1 aliphatic heterocycles. The van der Waals surface area contributed by atoms with E-state index in [1.54, 1.807) is 5.38 Å². The molecule has 2 rings (SSSR count). The van der Waals surface area contributed by atoms with Crippen molar-refractivity contribution in [3.05, 3.63) is 5.38 Å². The van der Waals surface area contributed by atoms with E-state index in [2.05, 4.69) is 4.98 Å². The van der Waals surface area contributed by atoms with Crippen molar-refractivity contribution >= 4 is 16.5 Å². The minimum atomic E-state index is -0.625. The number of aromatic nitrogens is 1. The third-order valence-electron chi connectivity index (χ3n) is 2.43. The van der Waals surface area contributed by atoms with Crippen LogP contribution in [0.3, 0.4) is 0 Å². The molecule has 1 unspecified atom stereocenters. The van der Waals surface area contributed by atoms with Crippen molar-refractivity contribution < 1.29 is 10.2 Å². The number of piperidine rings is 1. The van der Waals surface area contributed by atoms with E-state index in [0.29, 0.717) is 6.54 Å². The normalized spacial score (nSPS) is 28.0. The van der Waals surface area contributed by atoms with Crippen LogP contribution in [0.2, 0.25) is 0 Å². The van der Waals surface area contributed by atoms with Gasteiger partial charge in [-0.15, -0.1) is 11.3 Å². The van der Waals surface area contributed by atoms with Gasteiger partial charge in [-0.1, -0.05) is 0 Å². The van der Waals surface area contributed by atoms with Crippen molar-refractivity contribution in [2.24, 2.45) is 0 Å². The van der Waals surface area contributed by atoms with Crippen LogP contribution in [0, 0.1) is 0 Å². The maximum absolute atomic E-state index is 9.89. The lowest BCUT2D eigenvalue weighted by molar-refractivity contribution is 0.0449. The lowest BCUT2D eigenvalue weighted by atomic mass is 9.96. The second-order valence-corrected chi connectivity index (χ2v) is 4.85. The number of rotatable bonds is 1. The molecule has 0 spiro atoms. The molecule has 0 saturated carbocycles. The van der Waals surface area contributed by atoms with Crippen molar-refractivity contribution in [3.8, 4) is 5.88 Å². The third-order valence-corrected chi connectivity index (χ3v) is 3.31. The van der Waals surface area contributed by atoms with Crippen molar-refractivity contribution in [2.45, 2.75) is 25.4 Å². The average molecular weight is 214 g/mol. The largest absolute Gasteiger partial charge is 0.493 e. The number of aliphatic hydroxyl groups is 1. The smallest absolute Gasteiger partial charge is 0.223 e. The van der Waals surface area contributed by atoms with Crippen molar-refractivity contribution in [3.63, 3.8) is 0 Å². The number of nitrogens with zero attached hydrogens (tertiary/aromatic N) is 2. The van der Waals surface area contributed by atoms with Gasteiger partial charge in [0.1, 0.15) is 0 Å². The van der Waals surface area contributed by atoms with Crippen LogP contribution in [-0.2, 0) is 0 Å². The number of thiazole rings is 1. The Morgan fingerprint density at radius 3 is 3.00 bits per heavy atom. The molecule has 4 nitrogen and oxygen atoms in total. The van der Waals surface area contributed by atoms with Crippen molar-refractivity contribution in [1.82, 2.24) is 4.98 Å². The fraction of sp³-hybridized carbons (Fsp3) is 0.667. The second kappa shape index (κ2) is 3.40. The molecule has 0 aliphatic carbocycles. The zero-order chi connectivity index (χ0) is 10.2. The van der Waals surface area contributed by atoms with Crippen LogP contribution in [0.25, 0.3) is 0 Å². The Morgan fingerprint density at radius 1 is 1.64 bits per heavy atom. The van der Waals surface area contributed by atoms with Gasteiger partial charge in [0.15, 0.2) is 5.13 Å². The van der Waals surface area contributed by atoms with Gasteiger partial charge in [-0.05, 0) is 19.8 Å². The molecule has 1 fully saturated rings. The van der Waals surface area contributed by atoms with Crippen LogP contribution in [0.15, 0.2) is 5.38 Å². The molecule has 1 saturated heterocycles. The Labute approximate surface area is 86.8 Å². The Bertz CT molecular complexity index is 324. The molecule has 2 N–H and O–H groups in total. The molecule has 1 aromatic rings. The van der Waals surface area contributed by atoms with Crippen LogP contribution in [0.5, 0.6) is 5.88 Å². The monoisotopic (exact) mass is 214 g/mol. The lowest BCUT2D eigenvalue weighted by Crippen LogP contribution is -2.46. The number of hydrogen-bond acceptors (Lipinski definition) is 5. The van der Waals surface area contributed by atoms with E-state index in [4.69, 9.17) is 5.11 Å². The molecule has 1 atom stereocenters.